The van der Waals surface area contributed by atoms with Gasteiger partial charge < -0.3 is 20.1 Å². The zero-order valence-corrected chi connectivity index (χ0v) is 19.6. The summed E-state index contributed by atoms with van der Waals surface area (Å²) in [5.74, 6) is -3.79. The van der Waals surface area contributed by atoms with E-state index in [0.29, 0.717) is 6.42 Å². The van der Waals surface area contributed by atoms with Gasteiger partial charge in [-0.1, -0.05) is 13.0 Å². The van der Waals surface area contributed by atoms with Crippen LogP contribution in [-0.2, 0) is 14.3 Å². The fourth-order valence-corrected chi connectivity index (χ4v) is 7.55. The number of halogens is 2. The van der Waals surface area contributed by atoms with Crippen LogP contribution in [-0.4, -0.2) is 63.8 Å². The first-order chi connectivity index (χ1) is 15.2. The highest BCUT2D eigenvalue weighted by Crippen LogP contribution is 2.72. The van der Waals surface area contributed by atoms with Crippen LogP contribution in [0.25, 0.3) is 0 Å². The molecule has 8 atom stereocenters. The molecule has 8 heteroatoms. The number of allylic oxidation sites excluding steroid dienone is 4. The molecule has 0 amide bonds. The smallest absolute Gasteiger partial charge is 0.178 e. The van der Waals surface area contributed by atoms with Gasteiger partial charge in [-0.2, -0.15) is 0 Å². The third kappa shape index (κ3) is 3.17. The van der Waals surface area contributed by atoms with Crippen LogP contribution < -0.4 is 0 Å². The van der Waals surface area contributed by atoms with Crippen LogP contribution in [0.2, 0.25) is 0 Å². The Hall–Kier alpha value is -1.48. The average molecular weight is 469 g/mol. The third-order valence-corrected chi connectivity index (χ3v) is 9.34. The zero-order valence-electron chi connectivity index (χ0n) is 19.6. The number of aliphatic hydroxyl groups is 3. The van der Waals surface area contributed by atoms with Crippen LogP contribution in [0.3, 0.4) is 0 Å². The SMILES string of the molecule is CC(C)(O)OC[C@]1(C(=O)CO)CCC2[C@@H]3C[C@H](F)C4=CC(=O)C=C[C@]4(C)C3(F)[C@@H](O)C[C@@]21C. The van der Waals surface area contributed by atoms with Gasteiger partial charge in [-0.15, -0.1) is 0 Å². The molecule has 2 unspecified atom stereocenters. The minimum Gasteiger partial charge on any atom is -0.390 e. The van der Waals surface area contributed by atoms with E-state index in [1.54, 1.807) is 6.92 Å². The van der Waals surface area contributed by atoms with E-state index in [1.807, 2.05) is 0 Å². The summed E-state index contributed by atoms with van der Waals surface area (Å²) in [4.78, 5) is 25.1. The molecule has 0 aliphatic heterocycles. The lowest BCUT2D eigenvalue weighted by Gasteiger charge is -2.63. The predicted molar refractivity (Wildman–Crippen MR) is 115 cm³/mol. The minimum atomic E-state index is -2.22. The van der Waals surface area contributed by atoms with Crippen LogP contribution >= 0.6 is 0 Å². The predicted octanol–water partition coefficient (Wildman–Crippen LogP) is 2.60. The van der Waals surface area contributed by atoms with Crippen molar-refractivity contribution in [2.24, 2.45) is 28.1 Å². The van der Waals surface area contributed by atoms with Crippen molar-refractivity contribution in [3.63, 3.8) is 0 Å². The number of Topliss-reactive ketones (excluding diaryl/α,β-unsaturated/α-hetero) is 1. The summed E-state index contributed by atoms with van der Waals surface area (Å²) in [6.45, 7) is 5.24. The highest BCUT2D eigenvalue weighted by Gasteiger charge is 2.75. The quantitative estimate of drug-likeness (QED) is 0.536. The molecule has 4 aliphatic rings. The summed E-state index contributed by atoms with van der Waals surface area (Å²) in [7, 11) is 0. The zero-order chi connectivity index (χ0) is 24.6. The van der Waals surface area contributed by atoms with Crippen molar-refractivity contribution in [3.05, 3.63) is 23.8 Å². The number of rotatable bonds is 5. The normalized spacial score (nSPS) is 46.9. The Balaban J connectivity index is 1.81. The van der Waals surface area contributed by atoms with Crippen molar-refractivity contribution >= 4 is 11.6 Å². The van der Waals surface area contributed by atoms with Gasteiger partial charge >= 0.3 is 0 Å². The van der Waals surface area contributed by atoms with Crippen LogP contribution in [0, 0.1) is 28.1 Å². The van der Waals surface area contributed by atoms with Crippen LogP contribution in [0.1, 0.15) is 53.4 Å². The Bertz CT molecular complexity index is 924. The summed E-state index contributed by atoms with van der Waals surface area (Å²) in [6.07, 6.45) is 1.04. The summed E-state index contributed by atoms with van der Waals surface area (Å²) >= 11 is 0. The van der Waals surface area contributed by atoms with Gasteiger partial charge in [-0.05, 0) is 75.5 Å². The number of aliphatic hydroxyl groups excluding tert-OH is 2. The Kier molecular flexibility index (Phi) is 5.61. The highest BCUT2D eigenvalue weighted by molar-refractivity contribution is 6.01. The van der Waals surface area contributed by atoms with Crippen LogP contribution in [0.5, 0.6) is 0 Å². The monoisotopic (exact) mass is 468 g/mol. The fraction of sp³-hybridized carbons (Fsp3) is 0.760. The summed E-state index contributed by atoms with van der Waals surface area (Å²) in [5, 5.41) is 31.3. The molecule has 3 saturated carbocycles. The van der Waals surface area contributed by atoms with E-state index in [2.05, 4.69) is 0 Å². The van der Waals surface area contributed by atoms with Gasteiger partial charge in [0.25, 0.3) is 0 Å². The van der Waals surface area contributed by atoms with Gasteiger partial charge in [-0.3, -0.25) is 9.59 Å². The second kappa shape index (κ2) is 7.51. The number of fused-ring (bicyclic) bond motifs is 5. The molecule has 0 radical (unpaired) electrons. The lowest BCUT2D eigenvalue weighted by atomic mass is 9.43. The topological polar surface area (TPSA) is 104 Å². The molecule has 0 saturated heterocycles. The number of hydrogen-bond acceptors (Lipinski definition) is 6. The summed E-state index contributed by atoms with van der Waals surface area (Å²) in [6, 6.07) is 0. The molecule has 0 aromatic carbocycles. The Morgan fingerprint density at radius 2 is 1.97 bits per heavy atom. The molecule has 0 aromatic rings. The highest BCUT2D eigenvalue weighted by atomic mass is 19.1. The molecule has 184 valence electrons. The molecule has 33 heavy (non-hydrogen) atoms. The molecule has 0 heterocycles. The molecule has 0 aromatic heterocycles. The summed E-state index contributed by atoms with van der Waals surface area (Å²) in [5.41, 5.74) is -5.89. The fourth-order valence-electron chi connectivity index (χ4n) is 7.55. The molecule has 4 rings (SSSR count). The molecule has 4 aliphatic carbocycles. The number of ketones is 2. The molecular formula is C25H34F2O6. The van der Waals surface area contributed by atoms with Gasteiger partial charge in [0.1, 0.15) is 12.8 Å². The second-order valence-corrected chi connectivity index (χ2v) is 11.3. The maximum atomic E-state index is 17.1. The largest absolute Gasteiger partial charge is 0.390 e. The summed E-state index contributed by atoms with van der Waals surface area (Å²) < 4.78 is 38.2. The third-order valence-electron chi connectivity index (χ3n) is 9.34. The Labute approximate surface area is 192 Å². The number of ether oxygens (including phenoxy) is 1. The molecule has 6 nitrogen and oxygen atoms in total. The van der Waals surface area contributed by atoms with Crippen molar-refractivity contribution in [2.75, 3.05) is 13.2 Å². The molecule has 0 bridgehead atoms. The second-order valence-electron chi connectivity index (χ2n) is 11.3. The number of hydrogen-bond donors (Lipinski definition) is 3. The van der Waals surface area contributed by atoms with Gasteiger partial charge in [-0.25, -0.2) is 8.78 Å². The van der Waals surface area contributed by atoms with Crippen molar-refractivity contribution in [2.45, 2.75) is 77.1 Å². The van der Waals surface area contributed by atoms with E-state index in [0.717, 1.165) is 6.08 Å². The first kappa shape index (κ1) is 24.6. The van der Waals surface area contributed by atoms with E-state index in [9.17, 15) is 24.9 Å². The lowest BCUT2D eigenvalue weighted by Crippen LogP contribution is -2.69. The molecule has 0 spiro atoms. The Morgan fingerprint density at radius 3 is 2.58 bits per heavy atom. The van der Waals surface area contributed by atoms with Gasteiger partial charge in [0.2, 0.25) is 0 Å². The van der Waals surface area contributed by atoms with Crippen LogP contribution in [0.4, 0.5) is 8.78 Å². The van der Waals surface area contributed by atoms with Gasteiger partial charge in [0.15, 0.2) is 23.0 Å². The average Bonchev–Trinajstić information content (AvgIpc) is 3.02. The first-order valence-corrected chi connectivity index (χ1v) is 11.6. The molecule has 3 fully saturated rings. The first-order valence-electron chi connectivity index (χ1n) is 11.6. The van der Waals surface area contributed by atoms with Gasteiger partial charge in [0.05, 0.1) is 18.1 Å². The van der Waals surface area contributed by atoms with E-state index in [1.165, 1.54) is 32.9 Å². The van der Waals surface area contributed by atoms with E-state index < -0.39 is 70.0 Å². The lowest BCUT2D eigenvalue weighted by molar-refractivity contribution is -0.235. The van der Waals surface area contributed by atoms with Gasteiger partial charge in [0, 0.05) is 11.3 Å². The minimum absolute atomic E-state index is 0.0532. The van der Waals surface area contributed by atoms with Crippen molar-refractivity contribution in [3.8, 4) is 0 Å². The van der Waals surface area contributed by atoms with Crippen LogP contribution in [0.15, 0.2) is 23.8 Å². The maximum absolute atomic E-state index is 17.1. The van der Waals surface area contributed by atoms with Crippen molar-refractivity contribution < 1.29 is 38.4 Å². The van der Waals surface area contributed by atoms with E-state index >= 15 is 8.78 Å². The maximum Gasteiger partial charge on any atom is 0.178 e. The van der Waals surface area contributed by atoms with Crippen molar-refractivity contribution in [1.29, 1.82) is 0 Å². The standard InChI is InChI=1S/C25H34F2O6/c1-21(2,32)33-13-24(20(31)12-28)8-6-15-16-10-18(26)17-9-14(29)5-7-22(17,3)25(16,27)19(30)11-23(15,24)4/h5,7,9,15-16,18-19,28,30,32H,6,8,10-13H2,1-4H3/t15?,16-,18-,19-,22-,23-,24-,25?/m0/s1. The molecular weight excluding hydrogens is 434 g/mol. The Morgan fingerprint density at radius 1 is 1.30 bits per heavy atom. The number of carbonyl (C=O) groups is 2. The molecule has 3 N–H and O–H groups in total. The van der Waals surface area contributed by atoms with E-state index in [-0.39, 0.29) is 31.4 Å². The number of alkyl halides is 2. The van der Waals surface area contributed by atoms with Crippen molar-refractivity contribution in [1.82, 2.24) is 0 Å². The van der Waals surface area contributed by atoms with E-state index in [4.69, 9.17) is 4.74 Å². The number of carbonyl (C=O) groups excluding carboxylic acids is 2.